The van der Waals surface area contributed by atoms with Gasteiger partial charge in [-0.05, 0) is 36.8 Å². The van der Waals surface area contributed by atoms with Gasteiger partial charge in [-0.15, -0.1) is 0 Å². The molecule has 1 fully saturated rings. The van der Waals surface area contributed by atoms with Gasteiger partial charge in [-0.1, -0.05) is 30.3 Å². The van der Waals surface area contributed by atoms with Crippen molar-refractivity contribution in [1.29, 1.82) is 0 Å². The highest BCUT2D eigenvalue weighted by Gasteiger charge is 2.27. The molecule has 0 spiro atoms. The van der Waals surface area contributed by atoms with Crippen molar-refractivity contribution in [2.24, 2.45) is 0 Å². The van der Waals surface area contributed by atoms with Crippen LogP contribution in [0.5, 0.6) is 0 Å². The number of nitrogens with zero attached hydrogens (tertiary/aromatic N) is 2. The highest BCUT2D eigenvalue weighted by molar-refractivity contribution is 5.70. The first-order valence-corrected chi connectivity index (χ1v) is 9.12. The van der Waals surface area contributed by atoms with E-state index in [-0.39, 0.29) is 17.8 Å². The Balaban J connectivity index is 1.68. The molecular weight excluding hydrogens is 331 g/mol. The molecule has 1 aliphatic heterocycles. The van der Waals surface area contributed by atoms with Gasteiger partial charge in [0.15, 0.2) is 0 Å². The van der Waals surface area contributed by atoms with Gasteiger partial charge in [0.2, 0.25) is 0 Å². The number of carbonyl (C=O) groups is 1. The maximum atomic E-state index is 13.1. The molecular formula is C21H25FN2O2. The highest BCUT2D eigenvalue weighted by atomic mass is 19.1. The summed E-state index contributed by atoms with van der Waals surface area (Å²) in [7, 11) is 0. The first-order valence-electron chi connectivity index (χ1n) is 9.12. The fourth-order valence-electron chi connectivity index (χ4n) is 3.45. The lowest BCUT2D eigenvalue weighted by Gasteiger charge is -2.40. The van der Waals surface area contributed by atoms with Crippen molar-refractivity contribution in [1.82, 2.24) is 4.90 Å². The van der Waals surface area contributed by atoms with Gasteiger partial charge >= 0.3 is 5.97 Å². The molecule has 2 aromatic carbocycles. The Labute approximate surface area is 154 Å². The molecule has 1 atom stereocenters. The molecule has 0 bridgehead atoms. The van der Waals surface area contributed by atoms with Crippen molar-refractivity contribution in [3.05, 3.63) is 66.0 Å². The molecule has 26 heavy (non-hydrogen) atoms. The van der Waals surface area contributed by atoms with E-state index >= 15 is 0 Å². The summed E-state index contributed by atoms with van der Waals surface area (Å²) in [6.45, 7) is 5.61. The lowest BCUT2D eigenvalue weighted by Crippen LogP contribution is -2.48. The van der Waals surface area contributed by atoms with Gasteiger partial charge < -0.3 is 9.64 Å². The normalized spacial score (nSPS) is 16.3. The summed E-state index contributed by atoms with van der Waals surface area (Å²) in [6.07, 6.45) is 0.356. The number of hydrogen-bond donors (Lipinski definition) is 0. The minimum atomic E-state index is -0.217. The SMILES string of the molecule is CCOC(=O)CC(c1ccccc1)N1CCN(c2ccc(F)cc2)CC1. The van der Waals surface area contributed by atoms with Crippen molar-refractivity contribution in [2.45, 2.75) is 19.4 Å². The van der Waals surface area contributed by atoms with E-state index in [9.17, 15) is 9.18 Å². The molecule has 0 aliphatic carbocycles. The van der Waals surface area contributed by atoms with Gasteiger partial charge in [-0.25, -0.2) is 4.39 Å². The van der Waals surface area contributed by atoms with E-state index in [1.165, 1.54) is 12.1 Å². The van der Waals surface area contributed by atoms with Crippen LogP contribution >= 0.6 is 0 Å². The van der Waals surface area contributed by atoms with E-state index in [0.717, 1.165) is 37.4 Å². The van der Waals surface area contributed by atoms with Crippen LogP contribution in [0.2, 0.25) is 0 Å². The van der Waals surface area contributed by atoms with E-state index in [4.69, 9.17) is 4.74 Å². The Kier molecular flexibility index (Phi) is 6.23. The monoisotopic (exact) mass is 356 g/mol. The minimum Gasteiger partial charge on any atom is -0.466 e. The third-order valence-electron chi connectivity index (χ3n) is 4.80. The number of anilines is 1. The fourth-order valence-corrected chi connectivity index (χ4v) is 3.45. The van der Waals surface area contributed by atoms with Crippen LogP contribution in [0.25, 0.3) is 0 Å². The molecule has 1 saturated heterocycles. The third-order valence-corrected chi connectivity index (χ3v) is 4.80. The van der Waals surface area contributed by atoms with E-state index in [1.807, 2.05) is 37.3 Å². The molecule has 0 aromatic heterocycles. The first-order chi connectivity index (χ1) is 12.7. The first kappa shape index (κ1) is 18.4. The van der Waals surface area contributed by atoms with E-state index in [0.29, 0.717) is 13.0 Å². The molecule has 4 nitrogen and oxygen atoms in total. The summed E-state index contributed by atoms with van der Waals surface area (Å²) >= 11 is 0. The van der Waals surface area contributed by atoms with Crippen molar-refractivity contribution >= 4 is 11.7 Å². The van der Waals surface area contributed by atoms with Crippen LogP contribution in [-0.4, -0.2) is 43.7 Å². The standard InChI is InChI=1S/C21H25FN2O2/c1-2-26-21(25)16-20(17-6-4-3-5-7-17)24-14-12-23(13-15-24)19-10-8-18(22)9-11-19/h3-11,20H,2,12-16H2,1H3. The van der Waals surface area contributed by atoms with Crippen molar-refractivity contribution < 1.29 is 13.9 Å². The van der Waals surface area contributed by atoms with Crippen molar-refractivity contribution in [3.63, 3.8) is 0 Å². The van der Waals surface area contributed by atoms with Crippen LogP contribution in [0.15, 0.2) is 54.6 Å². The predicted octanol–water partition coefficient (Wildman–Crippen LogP) is 3.64. The number of hydrogen-bond acceptors (Lipinski definition) is 4. The lowest BCUT2D eigenvalue weighted by atomic mass is 10.0. The highest BCUT2D eigenvalue weighted by Crippen LogP contribution is 2.27. The van der Waals surface area contributed by atoms with E-state index in [2.05, 4.69) is 21.9 Å². The van der Waals surface area contributed by atoms with Crippen LogP contribution in [0.3, 0.4) is 0 Å². The number of esters is 1. The molecule has 1 aliphatic rings. The van der Waals surface area contributed by atoms with Gasteiger partial charge in [-0.2, -0.15) is 0 Å². The maximum Gasteiger partial charge on any atom is 0.307 e. The Hall–Kier alpha value is -2.40. The molecule has 0 saturated carbocycles. The average molecular weight is 356 g/mol. The second-order valence-electron chi connectivity index (χ2n) is 6.44. The summed E-state index contributed by atoms with van der Waals surface area (Å²) < 4.78 is 18.3. The van der Waals surface area contributed by atoms with Crippen LogP contribution in [-0.2, 0) is 9.53 Å². The smallest absolute Gasteiger partial charge is 0.307 e. The topological polar surface area (TPSA) is 32.8 Å². The fraction of sp³-hybridized carbons (Fsp3) is 0.381. The summed E-state index contributed by atoms with van der Waals surface area (Å²) in [4.78, 5) is 16.7. The van der Waals surface area contributed by atoms with Crippen LogP contribution < -0.4 is 4.90 Å². The molecule has 0 N–H and O–H groups in total. The minimum absolute atomic E-state index is 0.0191. The molecule has 2 aromatic rings. The average Bonchev–Trinajstić information content (AvgIpc) is 2.68. The van der Waals surface area contributed by atoms with Gasteiger partial charge in [0.25, 0.3) is 0 Å². The zero-order valence-corrected chi connectivity index (χ0v) is 15.1. The van der Waals surface area contributed by atoms with Gasteiger partial charge in [0, 0.05) is 37.9 Å². The second kappa shape index (κ2) is 8.81. The molecule has 0 amide bonds. The van der Waals surface area contributed by atoms with Gasteiger partial charge in [-0.3, -0.25) is 9.69 Å². The van der Waals surface area contributed by atoms with Gasteiger partial charge in [0.05, 0.1) is 13.0 Å². The number of rotatable bonds is 6. The quantitative estimate of drug-likeness (QED) is 0.740. The molecule has 1 unspecified atom stereocenters. The summed E-state index contributed by atoms with van der Waals surface area (Å²) in [5.74, 6) is -0.381. The number of carbonyl (C=O) groups excluding carboxylic acids is 1. The van der Waals surface area contributed by atoms with Crippen molar-refractivity contribution in [2.75, 3.05) is 37.7 Å². The Morgan fingerprint density at radius 2 is 1.69 bits per heavy atom. The van der Waals surface area contributed by atoms with E-state index in [1.54, 1.807) is 0 Å². The van der Waals surface area contributed by atoms with Crippen molar-refractivity contribution in [3.8, 4) is 0 Å². The van der Waals surface area contributed by atoms with Crippen LogP contribution in [0.4, 0.5) is 10.1 Å². The second-order valence-corrected chi connectivity index (χ2v) is 6.44. The maximum absolute atomic E-state index is 13.1. The van der Waals surface area contributed by atoms with Crippen LogP contribution in [0, 0.1) is 5.82 Å². The Morgan fingerprint density at radius 1 is 1.04 bits per heavy atom. The predicted molar refractivity (Wildman–Crippen MR) is 101 cm³/mol. The Morgan fingerprint density at radius 3 is 2.31 bits per heavy atom. The summed E-state index contributed by atoms with van der Waals surface area (Å²) in [6, 6.07) is 16.8. The molecule has 0 radical (unpaired) electrons. The van der Waals surface area contributed by atoms with Gasteiger partial charge in [0.1, 0.15) is 5.82 Å². The third kappa shape index (κ3) is 4.61. The molecule has 1 heterocycles. The number of halogens is 1. The molecule has 138 valence electrons. The largest absolute Gasteiger partial charge is 0.466 e. The molecule has 5 heteroatoms. The zero-order valence-electron chi connectivity index (χ0n) is 15.1. The number of benzene rings is 2. The number of piperazine rings is 1. The van der Waals surface area contributed by atoms with E-state index < -0.39 is 0 Å². The lowest BCUT2D eigenvalue weighted by molar-refractivity contribution is -0.144. The zero-order chi connectivity index (χ0) is 18.4. The summed E-state index contributed by atoms with van der Waals surface area (Å²) in [5, 5.41) is 0. The van der Waals surface area contributed by atoms with Crippen LogP contribution in [0.1, 0.15) is 24.9 Å². The summed E-state index contributed by atoms with van der Waals surface area (Å²) in [5.41, 5.74) is 2.17. The Bertz CT molecular complexity index is 698. The number of ether oxygens (including phenoxy) is 1. The molecule has 3 rings (SSSR count).